The Bertz CT molecular complexity index is 924. The third-order valence-electron chi connectivity index (χ3n) is 2.94. The molecule has 6 nitrogen and oxygen atoms in total. The van der Waals surface area contributed by atoms with E-state index in [0.717, 1.165) is 10.6 Å². The van der Waals surface area contributed by atoms with E-state index in [4.69, 9.17) is 4.52 Å². The third-order valence-corrected chi connectivity index (χ3v) is 3.89. The number of rotatable bonds is 2. The molecule has 0 fully saturated rings. The summed E-state index contributed by atoms with van der Waals surface area (Å²) in [5, 5.41) is 17.3. The van der Waals surface area contributed by atoms with Crippen molar-refractivity contribution in [2.24, 2.45) is 0 Å². The van der Waals surface area contributed by atoms with Crippen LogP contribution in [0.5, 0.6) is 0 Å². The lowest BCUT2D eigenvalue weighted by Crippen LogP contribution is -1.91. The molecular formula is C13H8FN5OS. The predicted octanol–water partition coefficient (Wildman–Crippen LogP) is 2.96. The van der Waals surface area contributed by atoms with Gasteiger partial charge < -0.3 is 4.52 Å². The van der Waals surface area contributed by atoms with Crippen molar-refractivity contribution in [3.8, 4) is 22.1 Å². The predicted molar refractivity (Wildman–Crippen MR) is 74.3 cm³/mol. The summed E-state index contributed by atoms with van der Waals surface area (Å²) >= 11 is 1.38. The van der Waals surface area contributed by atoms with Crippen molar-refractivity contribution in [1.29, 1.82) is 0 Å². The SMILES string of the molecule is Cc1cc(-c2nnc3sc(-c4ccc(F)cc4)nn23)no1. The van der Waals surface area contributed by atoms with Gasteiger partial charge in [0.25, 0.3) is 0 Å². The Morgan fingerprint density at radius 3 is 2.71 bits per heavy atom. The highest BCUT2D eigenvalue weighted by Gasteiger charge is 2.16. The first-order valence-electron chi connectivity index (χ1n) is 6.12. The second-order valence-electron chi connectivity index (χ2n) is 4.45. The van der Waals surface area contributed by atoms with Crippen LogP contribution in [0.1, 0.15) is 5.76 Å². The average Bonchev–Trinajstić information content (AvgIpc) is 3.14. The van der Waals surface area contributed by atoms with Gasteiger partial charge in [0, 0.05) is 11.6 Å². The lowest BCUT2D eigenvalue weighted by atomic mass is 10.2. The van der Waals surface area contributed by atoms with Gasteiger partial charge in [-0.15, -0.1) is 10.2 Å². The Morgan fingerprint density at radius 2 is 2.00 bits per heavy atom. The lowest BCUT2D eigenvalue weighted by molar-refractivity contribution is 0.399. The fraction of sp³-hybridized carbons (Fsp3) is 0.0769. The fourth-order valence-electron chi connectivity index (χ4n) is 1.96. The molecule has 0 amide bonds. The first-order valence-corrected chi connectivity index (χ1v) is 6.94. The van der Waals surface area contributed by atoms with Crippen LogP contribution in [-0.4, -0.2) is 25.0 Å². The quantitative estimate of drug-likeness (QED) is 0.569. The van der Waals surface area contributed by atoms with E-state index in [1.807, 2.05) is 0 Å². The van der Waals surface area contributed by atoms with Crippen molar-refractivity contribution >= 4 is 16.3 Å². The van der Waals surface area contributed by atoms with Gasteiger partial charge in [-0.1, -0.05) is 16.5 Å². The number of fused-ring (bicyclic) bond motifs is 1. The molecule has 0 bridgehead atoms. The molecule has 1 aromatic carbocycles. The van der Waals surface area contributed by atoms with Crippen LogP contribution in [0.25, 0.3) is 27.1 Å². The molecule has 8 heteroatoms. The zero-order valence-electron chi connectivity index (χ0n) is 10.8. The largest absolute Gasteiger partial charge is 0.361 e. The number of benzene rings is 1. The summed E-state index contributed by atoms with van der Waals surface area (Å²) in [5.41, 5.74) is 1.41. The van der Waals surface area contributed by atoms with Crippen LogP contribution >= 0.6 is 11.3 Å². The molecule has 0 N–H and O–H groups in total. The second kappa shape index (κ2) is 4.45. The summed E-state index contributed by atoms with van der Waals surface area (Å²) in [7, 11) is 0. The van der Waals surface area contributed by atoms with Crippen molar-refractivity contribution in [1.82, 2.24) is 25.0 Å². The van der Waals surface area contributed by atoms with Gasteiger partial charge in [-0.25, -0.2) is 4.39 Å². The fourth-order valence-corrected chi connectivity index (χ4v) is 2.80. The highest BCUT2D eigenvalue weighted by Crippen LogP contribution is 2.27. The lowest BCUT2D eigenvalue weighted by Gasteiger charge is -1.94. The normalized spacial score (nSPS) is 11.3. The molecule has 0 unspecified atom stereocenters. The van der Waals surface area contributed by atoms with E-state index in [9.17, 15) is 4.39 Å². The van der Waals surface area contributed by atoms with Crippen LogP contribution in [0.3, 0.4) is 0 Å². The molecule has 0 aliphatic rings. The van der Waals surface area contributed by atoms with Crippen LogP contribution in [0.2, 0.25) is 0 Å². The van der Waals surface area contributed by atoms with E-state index >= 15 is 0 Å². The van der Waals surface area contributed by atoms with Gasteiger partial charge in [-0.05, 0) is 31.2 Å². The first kappa shape index (κ1) is 12.2. The zero-order chi connectivity index (χ0) is 14.4. The van der Waals surface area contributed by atoms with E-state index in [1.165, 1.54) is 23.5 Å². The van der Waals surface area contributed by atoms with E-state index in [-0.39, 0.29) is 5.82 Å². The molecule has 0 spiro atoms. The van der Waals surface area contributed by atoms with E-state index in [0.29, 0.717) is 22.2 Å². The van der Waals surface area contributed by atoms with Crippen molar-refractivity contribution in [3.05, 3.63) is 41.9 Å². The summed E-state index contributed by atoms with van der Waals surface area (Å²) in [6, 6.07) is 7.94. The van der Waals surface area contributed by atoms with E-state index in [2.05, 4.69) is 20.5 Å². The van der Waals surface area contributed by atoms with Gasteiger partial charge >= 0.3 is 0 Å². The third kappa shape index (κ3) is 2.00. The zero-order valence-corrected chi connectivity index (χ0v) is 11.6. The van der Waals surface area contributed by atoms with Crippen LogP contribution in [0, 0.1) is 12.7 Å². The van der Waals surface area contributed by atoms with E-state index in [1.54, 1.807) is 29.6 Å². The molecule has 104 valence electrons. The summed E-state index contributed by atoms with van der Waals surface area (Å²) in [4.78, 5) is 0.643. The Kier molecular flexibility index (Phi) is 2.58. The Balaban J connectivity index is 1.84. The van der Waals surface area contributed by atoms with Crippen molar-refractivity contribution < 1.29 is 8.91 Å². The van der Waals surface area contributed by atoms with Gasteiger partial charge in [-0.3, -0.25) is 0 Å². The molecule has 0 saturated carbocycles. The summed E-state index contributed by atoms with van der Waals surface area (Å²) in [6.45, 7) is 1.81. The minimum atomic E-state index is -0.277. The number of aryl methyl sites for hydroxylation is 1. The Hall–Kier alpha value is -2.61. The summed E-state index contributed by atoms with van der Waals surface area (Å²) in [6.07, 6.45) is 0. The molecule has 4 aromatic rings. The van der Waals surface area contributed by atoms with Crippen molar-refractivity contribution in [2.75, 3.05) is 0 Å². The minimum Gasteiger partial charge on any atom is -0.361 e. The van der Waals surface area contributed by atoms with Crippen molar-refractivity contribution in [3.63, 3.8) is 0 Å². The maximum absolute atomic E-state index is 13.0. The molecule has 4 rings (SSSR count). The van der Waals surface area contributed by atoms with Gasteiger partial charge in [0.05, 0.1) is 0 Å². The number of nitrogens with zero attached hydrogens (tertiary/aromatic N) is 5. The van der Waals surface area contributed by atoms with Crippen LogP contribution < -0.4 is 0 Å². The Morgan fingerprint density at radius 1 is 1.19 bits per heavy atom. The number of halogens is 1. The number of hydrogen-bond donors (Lipinski definition) is 0. The average molecular weight is 301 g/mol. The summed E-state index contributed by atoms with van der Waals surface area (Å²) < 4.78 is 19.6. The molecule has 0 aliphatic carbocycles. The highest BCUT2D eigenvalue weighted by molar-refractivity contribution is 7.19. The first-order chi connectivity index (χ1) is 10.2. The topological polar surface area (TPSA) is 69.1 Å². The number of aromatic nitrogens is 5. The van der Waals surface area contributed by atoms with Crippen molar-refractivity contribution in [2.45, 2.75) is 6.92 Å². The highest BCUT2D eigenvalue weighted by atomic mass is 32.1. The standard InChI is InChI=1S/C13H8FN5OS/c1-7-6-10(18-20-7)11-15-16-13-19(11)17-12(21-13)8-2-4-9(14)5-3-8/h2-6H,1H3. The van der Waals surface area contributed by atoms with Gasteiger partial charge in [0.2, 0.25) is 10.8 Å². The van der Waals surface area contributed by atoms with Crippen LogP contribution in [0.15, 0.2) is 34.9 Å². The maximum atomic E-state index is 13.0. The Labute approximate surface area is 121 Å². The molecule has 0 saturated heterocycles. The molecule has 3 heterocycles. The second-order valence-corrected chi connectivity index (χ2v) is 5.41. The monoisotopic (exact) mass is 301 g/mol. The molecule has 0 aliphatic heterocycles. The maximum Gasteiger partial charge on any atom is 0.235 e. The molecule has 0 radical (unpaired) electrons. The van der Waals surface area contributed by atoms with Gasteiger partial charge in [0.15, 0.2) is 5.69 Å². The molecule has 3 aromatic heterocycles. The number of hydrogen-bond acceptors (Lipinski definition) is 6. The molecular weight excluding hydrogens is 293 g/mol. The van der Waals surface area contributed by atoms with E-state index < -0.39 is 0 Å². The minimum absolute atomic E-state index is 0.277. The van der Waals surface area contributed by atoms with Gasteiger partial charge in [-0.2, -0.15) is 9.61 Å². The molecule has 21 heavy (non-hydrogen) atoms. The summed E-state index contributed by atoms with van der Waals surface area (Å²) in [5.74, 6) is 0.933. The van der Waals surface area contributed by atoms with Crippen LogP contribution in [-0.2, 0) is 0 Å². The molecule has 0 atom stereocenters. The van der Waals surface area contributed by atoms with Gasteiger partial charge in [0.1, 0.15) is 16.6 Å². The smallest absolute Gasteiger partial charge is 0.235 e. The van der Waals surface area contributed by atoms with Crippen LogP contribution in [0.4, 0.5) is 4.39 Å².